The van der Waals surface area contributed by atoms with Gasteiger partial charge in [0.15, 0.2) is 5.60 Å². The van der Waals surface area contributed by atoms with Crippen molar-refractivity contribution in [2.24, 2.45) is 17.1 Å². The molecule has 2 aromatic carbocycles. The number of aliphatic hydroxyl groups excluding tert-OH is 1. The van der Waals surface area contributed by atoms with Gasteiger partial charge in [0, 0.05) is 78.4 Å². The number of carbonyl (C=O) groups is 2. The Morgan fingerprint density at radius 1 is 1.05 bits per heavy atom. The number of aliphatic hydroxyl groups is 3. The maximum Gasteiger partial charge on any atom is 0.318 e. The second-order valence-corrected chi connectivity index (χ2v) is 18.0. The molecular formula is C44H57N5O7. The van der Waals surface area contributed by atoms with Gasteiger partial charge in [-0.25, -0.2) is 0 Å². The molecule has 6 heterocycles. The Labute approximate surface area is 328 Å². The molecule has 2 bridgehead atoms. The van der Waals surface area contributed by atoms with E-state index in [-0.39, 0.29) is 24.3 Å². The van der Waals surface area contributed by atoms with Crippen LogP contribution in [0.2, 0.25) is 0 Å². The third kappa shape index (κ3) is 4.76. The van der Waals surface area contributed by atoms with Crippen molar-refractivity contribution >= 4 is 28.5 Å². The van der Waals surface area contributed by atoms with Crippen molar-refractivity contribution in [1.82, 2.24) is 14.8 Å². The summed E-state index contributed by atoms with van der Waals surface area (Å²) in [4.78, 5) is 39.0. The monoisotopic (exact) mass is 767 g/mol. The molecule has 1 aliphatic carbocycles. The number of hydrogen-bond donors (Lipinski definition) is 5. The quantitative estimate of drug-likeness (QED) is 0.179. The zero-order valence-electron chi connectivity index (χ0n) is 33.3. The summed E-state index contributed by atoms with van der Waals surface area (Å²) in [6, 6.07) is 11.3. The standard InChI is InChI=1S/C44H57N5O7/c1-6-40(53)21-26-22-42(39(52)56-5,34-29(13-17-48(24-26)25-40)28-11-8-9-12-31(28)46-34)23-27-19-30-32(20-33(27)55-4)47(3)36-43(30)15-18-49-16-10-14-41(7-2,35(43)49)37(50)44(36,54)38(45)51/h8-12,14,19-20,26,35-37,46,50,53-54H,6-7,13,15-18,21-25H2,1-5H3,(H2,45,51)/t26?,35?,36?,37?,40?,41-,42+,43?,44+/m1/s1. The van der Waals surface area contributed by atoms with Gasteiger partial charge in [-0.3, -0.25) is 19.4 Å². The summed E-state index contributed by atoms with van der Waals surface area (Å²) in [5.74, 6) is -0.726. The minimum Gasteiger partial charge on any atom is -0.496 e. The number of primary amides is 1. The van der Waals surface area contributed by atoms with Gasteiger partial charge in [0.1, 0.15) is 17.3 Å². The molecule has 12 nitrogen and oxygen atoms in total. The van der Waals surface area contributed by atoms with Crippen LogP contribution in [0.3, 0.4) is 0 Å². The predicted octanol–water partition coefficient (Wildman–Crippen LogP) is 2.93. The molecule has 12 heteroatoms. The number of aromatic amines is 1. The molecule has 1 amide bonds. The van der Waals surface area contributed by atoms with Gasteiger partial charge >= 0.3 is 5.97 Å². The number of likely N-dealkylation sites (N-methyl/N-ethyl adjacent to an activating group) is 1. The third-order valence-electron chi connectivity index (χ3n) is 15.5. The number of nitrogens with zero attached hydrogens (tertiary/aromatic N) is 3. The summed E-state index contributed by atoms with van der Waals surface area (Å²) in [7, 11) is 4.95. The summed E-state index contributed by atoms with van der Waals surface area (Å²) in [5, 5.41) is 37.8. The van der Waals surface area contributed by atoms with Crippen LogP contribution >= 0.6 is 0 Å². The van der Waals surface area contributed by atoms with Crippen molar-refractivity contribution in [3.05, 3.63) is 70.9 Å². The number of rotatable bonds is 7. The van der Waals surface area contributed by atoms with Gasteiger partial charge in [-0.1, -0.05) is 44.2 Å². The number of fused-ring (bicyclic) bond motifs is 6. The van der Waals surface area contributed by atoms with Crippen LogP contribution in [0.5, 0.6) is 5.75 Å². The number of carbonyl (C=O) groups excluding carboxylic acids is 2. The van der Waals surface area contributed by atoms with Gasteiger partial charge in [0.2, 0.25) is 0 Å². The lowest BCUT2D eigenvalue weighted by Crippen LogP contribution is -2.81. The van der Waals surface area contributed by atoms with Gasteiger partial charge < -0.3 is 40.4 Å². The molecule has 1 spiro atoms. The van der Waals surface area contributed by atoms with Crippen LogP contribution < -0.4 is 15.4 Å². The van der Waals surface area contributed by atoms with Crippen molar-refractivity contribution in [1.29, 1.82) is 0 Å². The van der Waals surface area contributed by atoms with Crippen LogP contribution in [0.15, 0.2) is 48.6 Å². The van der Waals surface area contributed by atoms with Crippen molar-refractivity contribution in [3.63, 3.8) is 0 Å². The molecule has 5 aliphatic heterocycles. The molecule has 3 fully saturated rings. The van der Waals surface area contributed by atoms with E-state index in [1.54, 1.807) is 7.11 Å². The first-order chi connectivity index (χ1) is 26.8. The molecule has 9 rings (SSSR count). The van der Waals surface area contributed by atoms with Crippen molar-refractivity contribution in [2.45, 2.75) is 99.0 Å². The second kappa shape index (κ2) is 12.8. The van der Waals surface area contributed by atoms with Gasteiger partial charge in [0.05, 0.1) is 25.9 Å². The molecule has 6 unspecified atom stereocenters. The Morgan fingerprint density at radius 3 is 2.55 bits per heavy atom. The fourth-order valence-electron chi connectivity index (χ4n) is 13.3. The van der Waals surface area contributed by atoms with Crippen LogP contribution in [0, 0.1) is 11.3 Å². The number of anilines is 1. The number of H-pyrrole nitrogens is 1. The molecule has 1 saturated carbocycles. The fraction of sp³-hybridized carbons (Fsp3) is 0.591. The van der Waals surface area contributed by atoms with Gasteiger partial charge in [-0.2, -0.15) is 0 Å². The van der Waals surface area contributed by atoms with Crippen molar-refractivity contribution < 1.29 is 34.4 Å². The van der Waals surface area contributed by atoms with E-state index in [4.69, 9.17) is 15.2 Å². The number of ether oxygens (including phenoxy) is 2. The van der Waals surface area contributed by atoms with Crippen molar-refractivity contribution in [3.8, 4) is 5.75 Å². The van der Waals surface area contributed by atoms with E-state index in [0.29, 0.717) is 63.9 Å². The second-order valence-electron chi connectivity index (χ2n) is 18.0. The molecule has 6 aliphatic rings. The Hall–Kier alpha value is -3.94. The molecule has 10 atom stereocenters. The number of hydrogen-bond acceptors (Lipinski definition) is 10. The lowest BCUT2D eigenvalue weighted by Gasteiger charge is -2.63. The Bertz CT molecular complexity index is 2140. The Balaban J connectivity index is 1.28. The highest BCUT2D eigenvalue weighted by Gasteiger charge is 2.78. The van der Waals surface area contributed by atoms with E-state index < -0.39 is 45.5 Å². The van der Waals surface area contributed by atoms with E-state index >= 15 is 0 Å². The zero-order chi connectivity index (χ0) is 39.6. The van der Waals surface area contributed by atoms with Crippen LogP contribution in [-0.2, 0) is 38.0 Å². The maximum atomic E-state index is 14.9. The first kappa shape index (κ1) is 37.6. The number of para-hydroxylation sites is 1. The highest BCUT2D eigenvalue weighted by Crippen LogP contribution is 2.67. The van der Waals surface area contributed by atoms with E-state index in [1.807, 2.05) is 56.1 Å². The molecule has 3 aromatic rings. The largest absolute Gasteiger partial charge is 0.496 e. The van der Waals surface area contributed by atoms with Gasteiger partial charge in [-0.05, 0) is 86.2 Å². The Morgan fingerprint density at radius 2 is 1.84 bits per heavy atom. The summed E-state index contributed by atoms with van der Waals surface area (Å²) < 4.78 is 12.1. The molecule has 56 heavy (non-hydrogen) atoms. The average Bonchev–Trinajstić information content (AvgIpc) is 3.85. The van der Waals surface area contributed by atoms with Crippen LogP contribution in [-0.4, -0.2) is 125 Å². The van der Waals surface area contributed by atoms with E-state index in [9.17, 15) is 24.9 Å². The highest BCUT2D eigenvalue weighted by atomic mass is 16.5. The summed E-state index contributed by atoms with van der Waals surface area (Å²) in [5.41, 5.74) is 5.55. The van der Waals surface area contributed by atoms with Gasteiger partial charge in [0.25, 0.3) is 5.91 Å². The molecule has 1 aromatic heterocycles. The minimum atomic E-state index is -2.27. The van der Waals surface area contributed by atoms with Crippen LogP contribution in [0.4, 0.5) is 5.69 Å². The fourth-order valence-corrected chi connectivity index (χ4v) is 13.3. The first-order valence-electron chi connectivity index (χ1n) is 20.5. The number of methoxy groups -OCH3 is 2. The molecule has 2 saturated heterocycles. The topological polar surface area (TPSA) is 165 Å². The number of aromatic nitrogens is 1. The number of nitrogens with one attached hydrogen (secondary N) is 1. The van der Waals surface area contributed by atoms with Gasteiger partial charge in [-0.15, -0.1) is 0 Å². The zero-order valence-corrected chi connectivity index (χ0v) is 33.3. The number of piperidine rings is 1. The number of amides is 1. The highest BCUT2D eigenvalue weighted by molar-refractivity contribution is 5.92. The van der Waals surface area contributed by atoms with Crippen LogP contribution in [0.25, 0.3) is 10.9 Å². The van der Waals surface area contributed by atoms with E-state index in [1.165, 1.54) is 7.11 Å². The predicted molar refractivity (Wildman–Crippen MR) is 213 cm³/mol. The lowest BCUT2D eigenvalue weighted by molar-refractivity contribution is -0.201. The molecule has 0 radical (unpaired) electrons. The normalized spacial score (nSPS) is 38.5. The maximum absolute atomic E-state index is 14.9. The van der Waals surface area contributed by atoms with Crippen molar-refractivity contribution in [2.75, 3.05) is 58.9 Å². The molecule has 6 N–H and O–H groups in total. The summed E-state index contributed by atoms with van der Waals surface area (Å²) in [6.45, 7) is 7.56. The number of nitrogens with two attached hydrogens (primary N) is 1. The van der Waals surface area contributed by atoms with Crippen LogP contribution in [0.1, 0.15) is 68.3 Å². The third-order valence-corrected chi connectivity index (χ3v) is 15.5. The summed E-state index contributed by atoms with van der Waals surface area (Å²) in [6.07, 6.45) is 6.34. The van der Waals surface area contributed by atoms with E-state index in [2.05, 4.69) is 33.0 Å². The van der Waals surface area contributed by atoms with E-state index in [0.717, 1.165) is 52.1 Å². The minimum absolute atomic E-state index is 0.00678. The average molecular weight is 768 g/mol. The number of benzene rings is 2. The smallest absolute Gasteiger partial charge is 0.318 e. The first-order valence-corrected chi connectivity index (χ1v) is 20.5. The molecular weight excluding hydrogens is 711 g/mol. The SMILES string of the molecule is CCC1(O)CC2C[N@](CCc3c([nH]c4ccccc34)[C@](Cc3cc4c(cc3OC)N(C)C3C45CCN4CC=C[C@](CC)(C45)C(O)[C@]3(O)C(N)=O)(C(=O)OC)C2)C1. The molecule has 300 valence electrons. The Kier molecular flexibility index (Phi) is 8.59. The summed E-state index contributed by atoms with van der Waals surface area (Å²) >= 11 is 0. The lowest BCUT2D eigenvalue weighted by atomic mass is 9.47. The number of esters is 1.